The lowest BCUT2D eigenvalue weighted by atomic mass is 10.1. The molecule has 0 aliphatic rings. The predicted molar refractivity (Wildman–Crippen MR) is 79.1 cm³/mol. The number of hydrogen-bond donors (Lipinski definition) is 1. The van der Waals surface area contributed by atoms with Gasteiger partial charge in [0.1, 0.15) is 0 Å². The first kappa shape index (κ1) is 13.8. The number of aromatic nitrogens is 1. The van der Waals surface area contributed by atoms with Crippen LogP contribution >= 0.6 is 11.6 Å². The summed E-state index contributed by atoms with van der Waals surface area (Å²) >= 11 is 5.74. The van der Waals surface area contributed by atoms with Crippen molar-refractivity contribution in [3.63, 3.8) is 0 Å². The number of rotatable bonds is 3. The highest BCUT2D eigenvalue weighted by molar-refractivity contribution is 6.30. The number of pyridine rings is 1. The highest BCUT2D eigenvalue weighted by atomic mass is 35.5. The van der Waals surface area contributed by atoms with Crippen molar-refractivity contribution in [1.82, 2.24) is 4.98 Å². The molecular weight excluding hydrogens is 293 g/mol. The lowest BCUT2D eigenvalue weighted by molar-refractivity contribution is 0.282. The van der Waals surface area contributed by atoms with Gasteiger partial charge in [0.2, 0.25) is 5.88 Å². The van der Waals surface area contributed by atoms with Crippen molar-refractivity contribution in [2.75, 3.05) is 0 Å². The van der Waals surface area contributed by atoms with Crippen LogP contribution in [0.5, 0.6) is 11.6 Å². The second-order valence-electron chi connectivity index (χ2n) is 4.45. The Bertz CT molecular complexity index is 807. The fourth-order valence-electron chi connectivity index (χ4n) is 2.10. The van der Waals surface area contributed by atoms with Gasteiger partial charge in [-0.3, -0.25) is 0 Å². The zero-order chi connectivity index (χ0) is 14.8. The van der Waals surface area contributed by atoms with Crippen LogP contribution in [0.15, 0.2) is 48.7 Å². The Kier molecular flexibility index (Phi) is 3.73. The van der Waals surface area contributed by atoms with E-state index in [0.29, 0.717) is 10.9 Å². The molecule has 0 saturated heterocycles. The average Bonchev–Trinajstić information content (AvgIpc) is 2.52. The van der Waals surface area contributed by atoms with E-state index in [9.17, 15) is 9.50 Å². The van der Waals surface area contributed by atoms with Crippen molar-refractivity contribution < 1.29 is 14.2 Å². The van der Waals surface area contributed by atoms with Gasteiger partial charge in [-0.2, -0.15) is 0 Å². The molecule has 0 atom stereocenters. The molecule has 0 bridgehead atoms. The lowest BCUT2D eigenvalue weighted by Crippen LogP contribution is -1.95. The first-order valence-corrected chi connectivity index (χ1v) is 6.68. The largest absolute Gasteiger partial charge is 0.435 e. The van der Waals surface area contributed by atoms with Gasteiger partial charge in [0.15, 0.2) is 11.6 Å². The molecule has 1 aromatic heterocycles. The van der Waals surface area contributed by atoms with Crippen LogP contribution in [0.4, 0.5) is 4.39 Å². The van der Waals surface area contributed by atoms with E-state index in [4.69, 9.17) is 16.3 Å². The monoisotopic (exact) mass is 303 g/mol. The maximum Gasteiger partial charge on any atom is 0.227 e. The normalized spacial score (nSPS) is 10.8. The number of halogens is 2. The van der Waals surface area contributed by atoms with Crippen LogP contribution in [0.3, 0.4) is 0 Å². The Morgan fingerprint density at radius 1 is 1.10 bits per heavy atom. The van der Waals surface area contributed by atoms with Crippen LogP contribution in [-0.2, 0) is 6.61 Å². The fourth-order valence-corrected chi connectivity index (χ4v) is 2.27. The maximum atomic E-state index is 13.9. The summed E-state index contributed by atoms with van der Waals surface area (Å²) in [6.45, 7) is -0.126. The summed E-state index contributed by atoms with van der Waals surface area (Å²) in [5, 5.41) is 10.8. The lowest BCUT2D eigenvalue weighted by Gasteiger charge is -2.11. The molecule has 3 rings (SSSR count). The van der Waals surface area contributed by atoms with Crippen molar-refractivity contribution in [3.8, 4) is 11.6 Å². The molecule has 0 saturated carbocycles. The number of nitrogens with zero attached hydrogens (tertiary/aromatic N) is 1. The van der Waals surface area contributed by atoms with Crippen molar-refractivity contribution in [2.45, 2.75) is 6.61 Å². The molecular formula is C16H11ClFNO2. The predicted octanol–water partition coefficient (Wildman–Crippen LogP) is 4.31. The highest BCUT2D eigenvalue weighted by Gasteiger charge is 2.12. The van der Waals surface area contributed by atoms with Gasteiger partial charge in [-0.25, -0.2) is 9.37 Å². The number of aliphatic hydroxyl groups excluding tert-OH is 1. The molecule has 0 radical (unpaired) electrons. The van der Waals surface area contributed by atoms with Gasteiger partial charge in [0.05, 0.1) is 11.6 Å². The van der Waals surface area contributed by atoms with E-state index in [1.165, 1.54) is 18.3 Å². The van der Waals surface area contributed by atoms with Gasteiger partial charge < -0.3 is 9.84 Å². The molecule has 21 heavy (non-hydrogen) atoms. The van der Waals surface area contributed by atoms with Crippen LogP contribution in [0, 0.1) is 5.82 Å². The summed E-state index contributed by atoms with van der Waals surface area (Å²) in [6.07, 6.45) is 1.51. The zero-order valence-electron chi connectivity index (χ0n) is 10.9. The molecule has 2 aromatic carbocycles. The van der Waals surface area contributed by atoms with Crippen molar-refractivity contribution >= 4 is 22.4 Å². The summed E-state index contributed by atoms with van der Waals surface area (Å²) < 4.78 is 19.5. The Morgan fingerprint density at radius 2 is 1.86 bits per heavy atom. The molecule has 0 amide bonds. The van der Waals surface area contributed by atoms with Crippen LogP contribution in [0.25, 0.3) is 10.8 Å². The standard InChI is InChI=1S/C16H11ClFNO2/c17-13-6-3-7-14(15(13)18)21-16-12-5-2-1-4-11(12)10(9-20)8-19-16/h1-8,20H,9H2. The van der Waals surface area contributed by atoms with E-state index >= 15 is 0 Å². The summed E-state index contributed by atoms with van der Waals surface area (Å²) in [6, 6.07) is 11.9. The highest BCUT2D eigenvalue weighted by Crippen LogP contribution is 2.32. The van der Waals surface area contributed by atoms with E-state index < -0.39 is 5.82 Å². The number of fused-ring (bicyclic) bond motifs is 1. The summed E-state index contributed by atoms with van der Waals surface area (Å²) in [4.78, 5) is 4.15. The van der Waals surface area contributed by atoms with Crippen molar-refractivity contribution in [1.29, 1.82) is 0 Å². The Balaban J connectivity index is 2.11. The Morgan fingerprint density at radius 3 is 2.62 bits per heavy atom. The minimum atomic E-state index is -0.628. The second kappa shape index (κ2) is 5.68. The minimum Gasteiger partial charge on any atom is -0.435 e. The van der Waals surface area contributed by atoms with Gasteiger partial charge in [0, 0.05) is 17.1 Å². The van der Waals surface area contributed by atoms with Gasteiger partial charge >= 0.3 is 0 Å². The molecule has 1 heterocycles. The van der Waals surface area contributed by atoms with Crippen LogP contribution < -0.4 is 4.74 Å². The molecule has 3 nitrogen and oxygen atoms in total. The van der Waals surface area contributed by atoms with E-state index in [1.54, 1.807) is 12.1 Å². The molecule has 0 fully saturated rings. The van der Waals surface area contributed by atoms with Gasteiger partial charge in [-0.15, -0.1) is 0 Å². The third kappa shape index (κ3) is 2.55. The van der Waals surface area contributed by atoms with E-state index in [2.05, 4.69) is 4.98 Å². The van der Waals surface area contributed by atoms with Crippen molar-refractivity contribution in [3.05, 3.63) is 65.1 Å². The second-order valence-corrected chi connectivity index (χ2v) is 4.85. The topological polar surface area (TPSA) is 42.4 Å². The van der Waals surface area contributed by atoms with Crippen molar-refractivity contribution in [2.24, 2.45) is 0 Å². The quantitative estimate of drug-likeness (QED) is 0.784. The Hall–Kier alpha value is -2.17. The van der Waals surface area contributed by atoms with E-state index in [1.807, 2.05) is 18.2 Å². The average molecular weight is 304 g/mol. The number of hydrogen-bond acceptors (Lipinski definition) is 3. The zero-order valence-corrected chi connectivity index (χ0v) is 11.6. The Labute approximate surface area is 125 Å². The third-order valence-corrected chi connectivity index (χ3v) is 3.43. The molecule has 0 spiro atoms. The summed E-state index contributed by atoms with van der Waals surface area (Å²) in [5.74, 6) is -0.350. The minimum absolute atomic E-state index is 0.0104. The first-order valence-electron chi connectivity index (χ1n) is 6.30. The van der Waals surface area contributed by atoms with Gasteiger partial charge in [0.25, 0.3) is 0 Å². The fraction of sp³-hybridized carbons (Fsp3) is 0.0625. The van der Waals surface area contributed by atoms with Gasteiger partial charge in [-0.05, 0) is 23.6 Å². The molecule has 0 aliphatic carbocycles. The number of benzene rings is 2. The summed E-state index contributed by atoms with van der Waals surface area (Å²) in [5.41, 5.74) is 0.685. The smallest absolute Gasteiger partial charge is 0.227 e. The molecule has 106 valence electrons. The molecule has 0 aliphatic heterocycles. The van der Waals surface area contributed by atoms with E-state index in [0.717, 1.165) is 5.39 Å². The molecule has 3 aromatic rings. The van der Waals surface area contributed by atoms with Crippen LogP contribution in [0.1, 0.15) is 5.56 Å². The molecule has 0 unspecified atom stereocenters. The maximum absolute atomic E-state index is 13.9. The third-order valence-electron chi connectivity index (χ3n) is 3.13. The number of ether oxygens (including phenoxy) is 1. The SMILES string of the molecule is OCc1cnc(Oc2cccc(Cl)c2F)c2ccccc12. The molecule has 5 heteroatoms. The van der Waals surface area contributed by atoms with E-state index in [-0.39, 0.29) is 23.3 Å². The van der Waals surface area contributed by atoms with Crippen LogP contribution in [-0.4, -0.2) is 10.1 Å². The number of aliphatic hydroxyl groups is 1. The first-order chi connectivity index (χ1) is 10.2. The van der Waals surface area contributed by atoms with Crippen LogP contribution in [0.2, 0.25) is 5.02 Å². The molecule has 1 N–H and O–H groups in total. The summed E-state index contributed by atoms with van der Waals surface area (Å²) in [7, 11) is 0. The van der Waals surface area contributed by atoms with Gasteiger partial charge in [-0.1, -0.05) is 35.9 Å².